The Morgan fingerprint density at radius 1 is 1.05 bits per heavy atom. The Morgan fingerprint density at radius 3 is 2.39 bits per heavy atom. The lowest BCUT2D eigenvalue weighted by atomic mass is 9.95. The minimum Gasteiger partial charge on any atom is -0.466 e. The van der Waals surface area contributed by atoms with Gasteiger partial charge in [0.25, 0.3) is 5.56 Å². The quantitative estimate of drug-likeness (QED) is 0.341. The molecular formula is C31H31N3O3S. The standard InChI is InChI=1S/C31H31N3O3S/c1-6-21-13-15-24(16-14-21)33-19(3)17-23(20(33)4)18-26-29(35)34-28(22-11-9-8-10-12-22)27(30(36)37-5)25(7-2)32-31(34)38-26/h8-18,28H,6-7H2,1-5H3/b26-18-/t28-/m0/s1. The zero-order chi connectivity index (χ0) is 27.0. The molecule has 1 aliphatic heterocycles. The molecule has 0 amide bonds. The molecule has 0 N–H and O–H groups in total. The van der Waals surface area contributed by atoms with Gasteiger partial charge in [-0.15, -0.1) is 0 Å². The van der Waals surface area contributed by atoms with Crippen LogP contribution in [-0.4, -0.2) is 22.2 Å². The number of rotatable bonds is 6. The van der Waals surface area contributed by atoms with Gasteiger partial charge in [-0.05, 0) is 67.7 Å². The van der Waals surface area contributed by atoms with Crippen LogP contribution in [0.25, 0.3) is 11.8 Å². The molecule has 1 aliphatic rings. The maximum Gasteiger partial charge on any atom is 0.338 e. The highest BCUT2D eigenvalue weighted by Gasteiger charge is 2.33. The number of fused-ring (bicyclic) bond motifs is 1. The van der Waals surface area contributed by atoms with Crippen molar-refractivity contribution in [3.63, 3.8) is 0 Å². The smallest absolute Gasteiger partial charge is 0.338 e. The van der Waals surface area contributed by atoms with Crippen LogP contribution in [-0.2, 0) is 16.0 Å². The van der Waals surface area contributed by atoms with Crippen molar-refractivity contribution in [2.24, 2.45) is 4.99 Å². The summed E-state index contributed by atoms with van der Waals surface area (Å²) in [5.41, 5.74) is 7.25. The van der Waals surface area contributed by atoms with Crippen LogP contribution >= 0.6 is 11.3 Å². The third-order valence-electron chi connectivity index (χ3n) is 7.13. The van der Waals surface area contributed by atoms with Gasteiger partial charge in [-0.2, -0.15) is 0 Å². The van der Waals surface area contributed by atoms with Crippen molar-refractivity contribution in [1.29, 1.82) is 0 Å². The molecule has 0 spiro atoms. The average Bonchev–Trinajstić information content (AvgIpc) is 3.41. The highest BCUT2D eigenvalue weighted by atomic mass is 32.1. The Hall–Kier alpha value is -3.97. The van der Waals surface area contributed by atoms with Gasteiger partial charge in [0.05, 0.1) is 29.0 Å². The fraction of sp³-hybridized carbons (Fsp3) is 0.258. The topological polar surface area (TPSA) is 65.6 Å². The SMILES string of the molecule is CCC1=C(C(=O)OC)[C@H](c2ccccc2)n2c(s/c(=C\c3cc(C)n(-c4ccc(CC)cc4)c3C)c2=O)=N1. The van der Waals surface area contributed by atoms with Crippen LogP contribution in [0.4, 0.5) is 0 Å². The van der Waals surface area contributed by atoms with Gasteiger partial charge in [-0.25, -0.2) is 9.79 Å². The summed E-state index contributed by atoms with van der Waals surface area (Å²) in [6, 6.07) is 19.7. The second-order valence-corrected chi connectivity index (χ2v) is 10.4. The minimum absolute atomic E-state index is 0.170. The van der Waals surface area contributed by atoms with Gasteiger partial charge in [0.1, 0.15) is 0 Å². The zero-order valence-corrected chi connectivity index (χ0v) is 23.1. The van der Waals surface area contributed by atoms with Crippen molar-refractivity contribution in [2.75, 3.05) is 7.11 Å². The molecule has 0 saturated heterocycles. The molecule has 2 aromatic heterocycles. The highest BCUT2D eigenvalue weighted by Crippen LogP contribution is 2.31. The number of carbonyl (C=O) groups is 1. The number of benzene rings is 2. The first-order valence-corrected chi connectivity index (χ1v) is 13.7. The van der Waals surface area contributed by atoms with Gasteiger partial charge in [-0.1, -0.05) is 67.6 Å². The van der Waals surface area contributed by atoms with E-state index in [1.165, 1.54) is 24.0 Å². The summed E-state index contributed by atoms with van der Waals surface area (Å²) in [5.74, 6) is -0.466. The molecule has 0 unspecified atom stereocenters. The summed E-state index contributed by atoms with van der Waals surface area (Å²) < 4.78 is 9.56. The summed E-state index contributed by atoms with van der Waals surface area (Å²) in [4.78, 5) is 32.2. The Balaban J connectivity index is 1.69. The molecular weight excluding hydrogens is 494 g/mol. The van der Waals surface area contributed by atoms with Crippen LogP contribution in [0.2, 0.25) is 0 Å². The van der Waals surface area contributed by atoms with Crippen LogP contribution in [0, 0.1) is 13.8 Å². The van der Waals surface area contributed by atoms with E-state index in [2.05, 4.69) is 55.7 Å². The lowest BCUT2D eigenvalue weighted by Crippen LogP contribution is -2.40. The van der Waals surface area contributed by atoms with Crippen molar-refractivity contribution in [1.82, 2.24) is 9.13 Å². The van der Waals surface area contributed by atoms with Crippen molar-refractivity contribution in [3.05, 3.63) is 120 Å². The predicted molar refractivity (Wildman–Crippen MR) is 151 cm³/mol. The third kappa shape index (κ3) is 4.37. The normalized spacial score (nSPS) is 15.4. The summed E-state index contributed by atoms with van der Waals surface area (Å²) in [5, 5.41) is 0. The molecule has 0 fully saturated rings. The summed E-state index contributed by atoms with van der Waals surface area (Å²) in [7, 11) is 1.36. The molecule has 5 rings (SSSR count). The van der Waals surface area contributed by atoms with Crippen LogP contribution in [0.5, 0.6) is 0 Å². The van der Waals surface area contributed by atoms with E-state index in [4.69, 9.17) is 9.73 Å². The van der Waals surface area contributed by atoms with E-state index >= 15 is 0 Å². The number of hydrogen-bond donors (Lipinski definition) is 0. The molecule has 2 aromatic carbocycles. The highest BCUT2D eigenvalue weighted by molar-refractivity contribution is 7.07. The maximum atomic E-state index is 13.9. The number of ether oxygens (including phenoxy) is 1. The number of aryl methyl sites for hydroxylation is 2. The average molecular weight is 526 g/mol. The van der Waals surface area contributed by atoms with Crippen molar-refractivity contribution >= 4 is 23.4 Å². The number of hydrogen-bond acceptors (Lipinski definition) is 5. The van der Waals surface area contributed by atoms with Gasteiger partial charge in [-0.3, -0.25) is 9.36 Å². The first-order valence-electron chi connectivity index (χ1n) is 12.8. The van der Waals surface area contributed by atoms with Crippen molar-refractivity contribution in [2.45, 2.75) is 46.6 Å². The second-order valence-electron chi connectivity index (χ2n) is 9.38. The number of methoxy groups -OCH3 is 1. The monoisotopic (exact) mass is 525 g/mol. The molecule has 194 valence electrons. The summed E-state index contributed by atoms with van der Waals surface area (Å²) in [6.07, 6.45) is 3.49. The number of nitrogens with zero attached hydrogens (tertiary/aromatic N) is 3. The van der Waals surface area contributed by atoms with E-state index in [1.54, 1.807) is 4.57 Å². The molecule has 0 saturated carbocycles. The molecule has 4 aromatic rings. The van der Waals surface area contributed by atoms with Crippen LogP contribution in [0.15, 0.2) is 81.7 Å². The van der Waals surface area contributed by atoms with E-state index in [0.717, 1.165) is 34.6 Å². The van der Waals surface area contributed by atoms with E-state index in [0.29, 0.717) is 27.0 Å². The Bertz CT molecular complexity index is 1720. The lowest BCUT2D eigenvalue weighted by molar-refractivity contribution is -0.136. The molecule has 3 heterocycles. The Labute approximate surface area is 225 Å². The minimum atomic E-state index is -0.596. The first kappa shape index (κ1) is 25.7. The predicted octanol–water partition coefficient (Wildman–Crippen LogP) is 4.77. The van der Waals surface area contributed by atoms with Crippen LogP contribution in [0.1, 0.15) is 54.4 Å². The van der Waals surface area contributed by atoms with E-state index < -0.39 is 12.0 Å². The van der Waals surface area contributed by atoms with Gasteiger partial charge < -0.3 is 9.30 Å². The second kappa shape index (κ2) is 10.4. The van der Waals surface area contributed by atoms with E-state index in [-0.39, 0.29) is 5.56 Å². The maximum absolute atomic E-state index is 13.9. The molecule has 0 aliphatic carbocycles. The van der Waals surface area contributed by atoms with Crippen LogP contribution in [0.3, 0.4) is 0 Å². The first-order chi connectivity index (χ1) is 18.4. The van der Waals surface area contributed by atoms with Gasteiger partial charge in [0, 0.05) is 17.1 Å². The van der Waals surface area contributed by atoms with Gasteiger partial charge in [0.15, 0.2) is 4.80 Å². The third-order valence-corrected chi connectivity index (χ3v) is 8.11. The van der Waals surface area contributed by atoms with Gasteiger partial charge >= 0.3 is 5.97 Å². The van der Waals surface area contributed by atoms with Crippen molar-refractivity contribution in [3.8, 4) is 5.69 Å². The molecule has 6 nitrogen and oxygen atoms in total. The number of esters is 1. The number of carbonyl (C=O) groups excluding carboxylic acids is 1. The number of aromatic nitrogens is 2. The summed E-state index contributed by atoms with van der Waals surface area (Å²) in [6.45, 7) is 8.25. The Kier molecular flexibility index (Phi) is 7.04. The van der Waals surface area contributed by atoms with E-state index in [1.807, 2.05) is 43.3 Å². The molecule has 0 radical (unpaired) electrons. The fourth-order valence-electron chi connectivity index (χ4n) is 5.17. The molecule has 7 heteroatoms. The summed E-state index contributed by atoms with van der Waals surface area (Å²) >= 11 is 1.35. The fourth-order valence-corrected chi connectivity index (χ4v) is 6.18. The molecule has 38 heavy (non-hydrogen) atoms. The van der Waals surface area contributed by atoms with Gasteiger partial charge in [0.2, 0.25) is 0 Å². The largest absolute Gasteiger partial charge is 0.466 e. The number of allylic oxidation sites excluding steroid dienone is 1. The number of thiazole rings is 1. The lowest BCUT2D eigenvalue weighted by Gasteiger charge is -2.25. The molecule has 0 bridgehead atoms. The zero-order valence-electron chi connectivity index (χ0n) is 22.3. The van der Waals surface area contributed by atoms with E-state index in [9.17, 15) is 9.59 Å². The van der Waals surface area contributed by atoms with Crippen LogP contribution < -0.4 is 14.9 Å². The Morgan fingerprint density at radius 2 is 1.76 bits per heavy atom. The molecule has 1 atom stereocenters. The van der Waals surface area contributed by atoms with Crippen molar-refractivity contribution < 1.29 is 9.53 Å².